The summed E-state index contributed by atoms with van der Waals surface area (Å²) in [6.45, 7) is 3.59. The van der Waals surface area contributed by atoms with Crippen molar-refractivity contribution in [1.29, 1.82) is 0 Å². The van der Waals surface area contributed by atoms with Crippen LogP contribution >= 0.6 is 11.6 Å². The molecule has 0 spiro atoms. The van der Waals surface area contributed by atoms with Crippen molar-refractivity contribution >= 4 is 29.7 Å². The van der Waals surface area contributed by atoms with Crippen molar-refractivity contribution in [3.05, 3.63) is 94.0 Å². The Labute approximate surface area is 196 Å². The Morgan fingerprint density at radius 3 is 2.15 bits per heavy atom. The third-order valence-electron chi connectivity index (χ3n) is 5.30. The van der Waals surface area contributed by atoms with Crippen LogP contribution in [0, 0.1) is 5.92 Å². The summed E-state index contributed by atoms with van der Waals surface area (Å²) in [4.78, 5) is 12.1. The van der Waals surface area contributed by atoms with Gasteiger partial charge in [0, 0.05) is 5.02 Å². The maximum atomic E-state index is 14.3. The molecule has 33 heavy (non-hydrogen) atoms. The first kappa shape index (κ1) is 24.6. The lowest BCUT2D eigenvalue weighted by Crippen LogP contribution is -2.20. The molecule has 3 aromatic carbocycles. The lowest BCUT2D eigenvalue weighted by atomic mass is 9.83. The van der Waals surface area contributed by atoms with Crippen LogP contribution in [0.1, 0.15) is 48.4 Å². The SMILES string of the molecule is CC(C)CC(C(=O)O)c1cc(-c2ccccc2)cc(C=Cc2ccc(Cl)cc2)c1C(F)(F)F. The molecule has 1 atom stereocenters. The van der Waals surface area contributed by atoms with Gasteiger partial charge in [0.1, 0.15) is 0 Å². The van der Waals surface area contributed by atoms with E-state index in [1.54, 1.807) is 68.5 Å². The van der Waals surface area contributed by atoms with E-state index >= 15 is 0 Å². The van der Waals surface area contributed by atoms with Gasteiger partial charge in [-0.15, -0.1) is 0 Å². The fourth-order valence-electron chi connectivity index (χ4n) is 3.81. The zero-order valence-corrected chi connectivity index (χ0v) is 19.0. The molecule has 0 radical (unpaired) electrons. The van der Waals surface area contributed by atoms with Crippen LogP contribution < -0.4 is 0 Å². The number of alkyl halides is 3. The van der Waals surface area contributed by atoms with Crippen LogP contribution in [-0.4, -0.2) is 11.1 Å². The van der Waals surface area contributed by atoms with Crippen molar-refractivity contribution in [2.45, 2.75) is 32.4 Å². The Bertz CT molecular complexity index is 1130. The van der Waals surface area contributed by atoms with Gasteiger partial charge in [0.25, 0.3) is 0 Å². The van der Waals surface area contributed by atoms with E-state index in [4.69, 9.17) is 11.6 Å². The van der Waals surface area contributed by atoms with Crippen molar-refractivity contribution in [3.8, 4) is 11.1 Å². The fourth-order valence-corrected chi connectivity index (χ4v) is 3.94. The molecule has 3 rings (SSSR count). The van der Waals surface area contributed by atoms with E-state index in [-0.39, 0.29) is 23.5 Å². The molecule has 1 N–H and O–H groups in total. The van der Waals surface area contributed by atoms with Crippen LogP contribution in [0.5, 0.6) is 0 Å². The summed E-state index contributed by atoms with van der Waals surface area (Å²) in [6, 6.07) is 18.5. The Kier molecular flexibility index (Phi) is 7.65. The molecular formula is C27H24ClF3O2. The molecule has 0 aromatic heterocycles. The topological polar surface area (TPSA) is 37.3 Å². The number of halogens is 4. The lowest BCUT2D eigenvalue weighted by Gasteiger charge is -2.23. The summed E-state index contributed by atoms with van der Waals surface area (Å²) >= 11 is 5.90. The predicted octanol–water partition coefficient (Wildman–Crippen LogP) is 8.41. The van der Waals surface area contributed by atoms with E-state index in [1.807, 2.05) is 6.07 Å². The van der Waals surface area contributed by atoms with Gasteiger partial charge in [0.05, 0.1) is 11.5 Å². The molecule has 0 amide bonds. The van der Waals surface area contributed by atoms with Gasteiger partial charge in [0.2, 0.25) is 0 Å². The monoisotopic (exact) mass is 472 g/mol. The molecule has 172 valence electrons. The second-order valence-electron chi connectivity index (χ2n) is 8.30. The number of carboxylic acids is 1. The van der Waals surface area contributed by atoms with E-state index in [9.17, 15) is 23.1 Å². The van der Waals surface area contributed by atoms with Gasteiger partial charge in [-0.3, -0.25) is 4.79 Å². The minimum absolute atomic E-state index is 0.0798. The van der Waals surface area contributed by atoms with Gasteiger partial charge in [-0.05, 0) is 64.4 Å². The molecule has 0 aliphatic heterocycles. The Morgan fingerprint density at radius 2 is 1.61 bits per heavy atom. The van der Waals surface area contributed by atoms with Crippen LogP contribution in [0.3, 0.4) is 0 Å². The highest BCUT2D eigenvalue weighted by atomic mass is 35.5. The second-order valence-corrected chi connectivity index (χ2v) is 8.74. The number of benzene rings is 3. The number of carboxylic acid groups (broad SMARTS) is 1. The van der Waals surface area contributed by atoms with E-state index in [0.29, 0.717) is 21.7 Å². The van der Waals surface area contributed by atoms with Crippen LogP contribution in [0.25, 0.3) is 23.3 Å². The second kappa shape index (κ2) is 10.3. The summed E-state index contributed by atoms with van der Waals surface area (Å²) < 4.78 is 43.0. The largest absolute Gasteiger partial charge is 0.481 e. The molecule has 0 aliphatic rings. The molecule has 0 heterocycles. The quantitative estimate of drug-likeness (QED) is 0.350. The molecule has 3 aromatic rings. The minimum Gasteiger partial charge on any atom is -0.481 e. The highest BCUT2D eigenvalue weighted by Crippen LogP contribution is 2.42. The van der Waals surface area contributed by atoms with E-state index in [1.165, 1.54) is 18.2 Å². The number of hydrogen-bond donors (Lipinski definition) is 1. The average molecular weight is 473 g/mol. The Hall–Kier alpha value is -3.05. The van der Waals surface area contributed by atoms with Gasteiger partial charge in [0.15, 0.2) is 0 Å². The Morgan fingerprint density at radius 1 is 0.970 bits per heavy atom. The zero-order chi connectivity index (χ0) is 24.2. The first-order valence-electron chi connectivity index (χ1n) is 10.5. The number of hydrogen-bond acceptors (Lipinski definition) is 1. The minimum atomic E-state index is -4.73. The maximum absolute atomic E-state index is 14.3. The molecule has 1 unspecified atom stereocenters. The molecule has 0 aliphatic carbocycles. The smallest absolute Gasteiger partial charge is 0.417 e. The molecule has 0 bridgehead atoms. The Balaban J connectivity index is 2.28. The third kappa shape index (κ3) is 6.26. The van der Waals surface area contributed by atoms with Crippen molar-refractivity contribution in [2.75, 3.05) is 0 Å². The van der Waals surface area contributed by atoms with Gasteiger partial charge in [-0.2, -0.15) is 13.2 Å². The van der Waals surface area contributed by atoms with Crippen LogP contribution in [0.15, 0.2) is 66.7 Å². The summed E-state index contributed by atoms with van der Waals surface area (Å²) in [5, 5.41) is 10.4. The number of rotatable bonds is 7. The van der Waals surface area contributed by atoms with Crippen molar-refractivity contribution in [3.63, 3.8) is 0 Å². The normalized spacial score (nSPS) is 12.9. The molecule has 0 fully saturated rings. The lowest BCUT2D eigenvalue weighted by molar-refractivity contribution is -0.142. The molecular weight excluding hydrogens is 449 g/mol. The standard InChI is InChI=1S/C27H24ClF3O2/c1-17(2)14-24(26(32)33)23-16-21(19-6-4-3-5-7-19)15-20(25(23)27(29,30)31)11-8-18-9-12-22(28)13-10-18/h3-13,15-17,24H,14H2,1-2H3,(H,32,33). The van der Waals surface area contributed by atoms with Gasteiger partial charge < -0.3 is 5.11 Å². The maximum Gasteiger partial charge on any atom is 0.417 e. The van der Waals surface area contributed by atoms with E-state index < -0.39 is 23.6 Å². The van der Waals surface area contributed by atoms with E-state index in [2.05, 4.69) is 0 Å². The van der Waals surface area contributed by atoms with E-state index in [0.717, 1.165) is 0 Å². The van der Waals surface area contributed by atoms with Crippen LogP contribution in [-0.2, 0) is 11.0 Å². The van der Waals surface area contributed by atoms with Crippen LogP contribution in [0.2, 0.25) is 5.02 Å². The van der Waals surface area contributed by atoms with Crippen LogP contribution in [0.4, 0.5) is 13.2 Å². The highest BCUT2D eigenvalue weighted by molar-refractivity contribution is 6.30. The van der Waals surface area contributed by atoms with Gasteiger partial charge in [-0.1, -0.05) is 80.1 Å². The fraction of sp³-hybridized carbons (Fsp3) is 0.222. The number of aliphatic carboxylic acids is 1. The predicted molar refractivity (Wildman–Crippen MR) is 127 cm³/mol. The molecule has 6 heteroatoms. The number of carbonyl (C=O) groups is 1. The first-order valence-corrected chi connectivity index (χ1v) is 10.9. The summed E-state index contributed by atoms with van der Waals surface area (Å²) in [5.41, 5.74) is 0.702. The highest BCUT2D eigenvalue weighted by Gasteiger charge is 2.39. The summed E-state index contributed by atoms with van der Waals surface area (Å²) in [6.07, 6.45) is -1.68. The molecule has 0 saturated heterocycles. The molecule has 2 nitrogen and oxygen atoms in total. The summed E-state index contributed by atoms with van der Waals surface area (Å²) in [5.74, 6) is -2.65. The van der Waals surface area contributed by atoms with Crippen molar-refractivity contribution in [2.24, 2.45) is 5.92 Å². The zero-order valence-electron chi connectivity index (χ0n) is 18.2. The molecule has 0 saturated carbocycles. The average Bonchev–Trinajstić information content (AvgIpc) is 2.76. The first-order chi connectivity index (χ1) is 15.6. The van der Waals surface area contributed by atoms with Gasteiger partial charge >= 0.3 is 12.1 Å². The van der Waals surface area contributed by atoms with Crippen molar-refractivity contribution < 1.29 is 23.1 Å². The van der Waals surface area contributed by atoms with Crippen molar-refractivity contribution in [1.82, 2.24) is 0 Å². The van der Waals surface area contributed by atoms with Gasteiger partial charge in [-0.25, -0.2) is 0 Å². The summed E-state index contributed by atoms with van der Waals surface area (Å²) in [7, 11) is 0. The third-order valence-corrected chi connectivity index (χ3v) is 5.55.